The van der Waals surface area contributed by atoms with E-state index < -0.39 is 5.92 Å². The first-order valence-electron chi connectivity index (χ1n) is 4.68. The molecule has 84 valence electrons. The fourth-order valence-electron chi connectivity index (χ4n) is 1.36. The maximum Gasteiger partial charge on any atom is 0.270 e. The van der Waals surface area contributed by atoms with Crippen LogP contribution >= 0.6 is 0 Å². The van der Waals surface area contributed by atoms with Crippen LogP contribution in [0.2, 0.25) is 0 Å². The van der Waals surface area contributed by atoms with E-state index >= 15 is 0 Å². The lowest BCUT2D eigenvalue weighted by Gasteiger charge is -2.10. The van der Waals surface area contributed by atoms with Gasteiger partial charge in [-0.1, -0.05) is 29.4 Å². The van der Waals surface area contributed by atoms with E-state index in [9.17, 15) is 8.78 Å². The molecule has 0 unspecified atom stereocenters. The van der Waals surface area contributed by atoms with Crippen molar-refractivity contribution in [3.05, 3.63) is 35.9 Å². The third-order valence-corrected chi connectivity index (χ3v) is 2.22. The molecule has 0 fully saturated rings. The van der Waals surface area contributed by atoms with E-state index in [4.69, 9.17) is 10.3 Å². The Bertz CT molecular complexity index is 485. The Morgan fingerprint density at radius 2 is 1.88 bits per heavy atom. The van der Waals surface area contributed by atoms with Gasteiger partial charge >= 0.3 is 0 Å². The van der Waals surface area contributed by atoms with E-state index in [1.54, 1.807) is 18.2 Å². The number of rotatable bonds is 2. The minimum Gasteiger partial charge on any atom is -0.368 e. The van der Waals surface area contributed by atoms with E-state index in [0.29, 0.717) is 11.3 Å². The normalized spacial score (nSPS) is 11.7. The Morgan fingerprint density at radius 1 is 1.25 bits per heavy atom. The van der Waals surface area contributed by atoms with Crippen molar-refractivity contribution in [1.29, 1.82) is 0 Å². The second-order valence-corrected chi connectivity index (χ2v) is 3.58. The predicted molar refractivity (Wildman–Crippen MR) is 55.9 cm³/mol. The molecule has 0 atom stereocenters. The van der Waals surface area contributed by atoms with Gasteiger partial charge in [-0.25, -0.2) is 8.78 Å². The number of halogens is 2. The lowest BCUT2D eigenvalue weighted by molar-refractivity contribution is 0.0175. The highest BCUT2D eigenvalue weighted by Crippen LogP contribution is 2.29. The molecular weight excluding hydrogens is 214 g/mol. The van der Waals surface area contributed by atoms with E-state index in [-0.39, 0.29) is 11.4 Å². The SMILES string of the molecule is CC(F)(F)c1ccc(-c2cc(N)on2)cc1. The van der Waals surface area contributed by atoms with Crippen molar-refractivity contribution in [2.45, 2.75) is 12.8 Å². The second-order valence-electron chi connectivity index (χ2n) is 3.58. The van der Waals surface area contributed by atoms with Gasteiger partial charge in [-0.05, 0) is 0 Å². The zero-order valence-electron chi connectivity index (χ0n) is 8.58. The van der Waals surface area contributed by atoms with Crippen molar-refractivity contribution >= 4 is 5.88 Å². The molecule has 0 amide bonds. The smallest absolute Gasteiger partial charge is 0.270 e. The lowest BCUT2D eigenvalue weighted by Crippen LogP contribution is -2.06. The topological polar surface area (TPSA) is 52.0 Å². The van der Waals surface area contributed by atoms with Gasteiger partial charge in [0.15, 0.2) is 0 Å². The number of nitrogen functional groups attached to an aromatic ring is 1. The summed E-state index contributed by atoms with van der Waals surface area (Å²) in [5.74, 6) is -2.64. The summed E-state index contributed by atoms with van der Waals surface area (Å²) in [6.07, 6.45) is 0. The molecule has 0 aliphatic heterocycles. The fraction of sp³-hybridized carbons (Fsp3) is 0.182. The summed E-state index contributed by atoms with van der Waals surface area (Å²) in [6, 6.07) is 7.38. The average Bonchev–Trinajstić information content (AvgIpc) is 2.64. The summed E-state index contributed by atoms with van der Waals surface area (Å²) >= 11 is 0. The van der Waals surface area contributed by atoms with Crippen LogP contribution in [0.25, 0.3) is 11.3 Å². The molecule has 0 saturated carbocycles. The molecule has 0 aliphatic rings. The zero-order valence-corrected chi connectivity index (χ0v) is 8.58. The third kappa shape index (κ3) is 2.03. The Kier molecular flexibility index (Phi) is 2.38. The van der Waals surface area contributed by atoms with Crippen LogP contribution in [-0.2, 0) is 5.92 Å². The van der Waals surface area contributed by atoms with Gasteiger partial charge in [0, 0.05) is 24.1 Å². The van der Waals surface area contributed by atoms with Crippen LogP contribution in [0.1, 0.15) is 12.5 Å². The summed E-state index contributed by atoms with van der Waals surface area (Å²) in [7, 11) is 0. The van der Waals surface area contributed by atoms with Gasteiger partial charge in [0.2, 0.25) is 5.88 Å². The lowest BCUT2D eigenvalue weighted by atomic mass is 10.1. The molecule has 0 radical (unpaired) electrons. The first-order chi connectivity index (χ1) is 7.47. The highest BCUT2D eigenvalue weighted by molar-refractivity contribution is 5.61. The van der Waals surface area contributed by atoms with Crippen LogP contribution in [0.3, 0.4) is 0 Å². The molecule has 1 aromatic carbocycles. The molecule has 1 aromatic heterocycles. The van der Waals surface area contributed by atoms with Crippen molar-refractivity contribution in [1.82, 2.24) is 5.16 Å². The van der Waals surface area contributed by atoms with Crippen molar-refractivity contribution in [3.8, 4) is 11.3 Å². The van der Waals surface area contributed by atoms with Crippen LogP contribution in [0, 0.1) is 0 Å². The second kappa shape index (κ2) is 3.59. The summed E-state index contributed by atoms with van der Waals surface area (Å²) in [5.41, 5.74) is 6.55. The molecule has 5 heteroatoms. The molecule has 16 heavy (non-hydrogen) atoms. The minimum absolute atomic E-state index is 0.0345. The van der Waals surface area contributed by atoms with Gasteiger partial charge in [-0.15, -0.1) is 0 Å². The molecule has 1 heterocycles. The van der Waals surface area contributed by atoms with E-state index in [1.807, 2.05) is 0 Å². The molecule has 0 bridgehead atoms. The molecule has 0 spiro atoms. The molecule has 2 rings (SSSR count). The number of aromatic nitrogens is 1. The largest absolute Gasteiger partial charge is 0.368 e. The van der Waals surface area contributed by atoms with Crippen molar-refractivity contribution in [2.75, 3.05) is 5.73 Å². The highest BCUT2D eigenvalue weighted by atomic mass is 19.3. The average molecular weight is 224 g/mol. The number of benzene rings is 1. The number of hydrogen-bond donors (Lipinski definition) is 1. The van der Waals surface area contributed by atoms with Crippen LogP contribution in [0.4, 0.5) is 14.7 Å². The van der Waals surface area contributed by atoms with Gasteiger partial charge in [0.25, 0.3) is 5.92 Å². The number of nitrogens with zero attached hydrogens (tertiary/aromatic N) is 1. The molecule has 0 saturated heterocycles. The fourth-order valence-corrected chi connectivity index (χ4v) is 1.36. The van der Waals surface area contributed by atoms with Gasteiger partial charge in [0.1, 0.15) is 5.69 Å². The standard InChI is InChI=1S/C11H10F2N2O/c1-11(12,13)8-4-2-7(3-5-8)9-6-10(14)16-15-9/h2-6H,14H2,1H3. The third-order valence-electron chi connectivity index (χ3n) is 2.22. The van der Waals surface area contributed by atoms with Crippen molar-refractivity contribution in [2.24, 2.45) is 0 Å². The van der Waals surface area contributed by atoms with Gasteiger partial charge < -0.3 is 10.3 Å². The van der Waals surface area contributed by atoms with E-state index in [2.05, 4.69) is 5.16 Å². The maximum atomic E-state index is 12.9. The minimum atomic E-state index is -2.83. The van der Waals surface area contributed by atoms with Crippen LogP contribution in [-0.4, -0.2) is 5.16 Å². The number of anilines is 1. The maximum absolute atomic E-state index is 12.9. The Hall–Kier alpha value is -1.91. The number of alkyl halides is 2. The Balaban J connectivity index is 2.33. The van der Waals surface area contributed by atoms with Gasteiger partial charge in [-0.3, -0.25) is 0 Å². The molecular formula is C11H10F2N2O. The van der Waals surface area contributed by atoms with Gasteiger partial charge in [-0.2, -0.15) is 0 Å². The van der Waals surface area contributed by atoms with Crippen LogP contribution < -0.4 is 5.73 Å². The molecule has 3 nitrogen and oxygen atoms in total. The van der Waals surface area contributed by atoms with E-state index in [1.165, 1.54) is 12.1 Å². The first kappa shape index (κ1) is 10.6. The van der Waals surface area contributed by atoms with Crippen molar-refractivity contribution in [3.63, 3.8) is 0 Å². The van der Waals surface area contributed by atoms with Crippen LogP contribution in [0.5, 0.6) is 0 Å². The zero-order chi connectivity index (χ0) is 11.8. The quantitative estimate of drug-likeness (QED) is 0.852. The Morgan fingerprint density at radius 3 is 2.31 bits per heavy atom. The summed E-state index contributed by atoms with van der Waals surface area (Å²) in [6.45, 7) is 0.857. The van der Waals surface area contributed by atoms with Gasteiger partial charge in [0.05, 0.1) is 0 Å². The van der Waals surface area contributed by atoms with Crippen molar-refractivity contribution < 1.29 is 13.3 Å². The number of hydrogen-bond acceptors (Lipinski definition) is 3. The predicted octanol–water partition coefficient (Wildman–Crippen LogP) is 3.04. The first-order valence-corrected chi connectivity index (χ1v) is 4.68. The Labute approximate surface area is 90.9 Å². The molecule has 2 aromatic rings. The summed E-state index contributed by atoms with van der Waals surface area (Å²) in [5, 5.41) is 3.69. The highest BCUT2D eigenvalue weighted by Gasteiger charge is 2.23. The monoisotopic (exact) mass is 224 g/mol. The van der Waals surface area contributed by atoms with E-state index in [0.717, 1.165) is 6.92 Å². The summed E-state index contributed by atoms with van der Waals surface area (Å²) < 4.78 is 30.6. The summed E-state index contributed by atoms with van der Waals surface area (Å²) in [4.78, 5) is 0. The molecule has 2 N–H and O–H groups in total. The molecule has 0 aliphatic carbocycles. The van der Waals surface area contributed by atoms with Crippen LogP contribution in [0.15, 0.2) is 34.9 Å². The number of nitrogens with two attached hydrogens (primary N) is 1.